The van der Waals surface area contributed by atoms with Crippen molar-refractivity contribution in [2.45, 2.75) is 70.4 Å². The van der Waals surface area contributed by atoms with Gasteiger partial charge in [0, 0.05) is 35.6 Å². The number of nitrogens with one attached hydrogen (secondary N) is 1. The number of hydrogen-bond acceptors (Lipinski definition) is 6. The van der Waals surface area contributed by atoms with E-state index in [9.17, 15) is 14.7 Å². The third-order valence-corrected chi connectivity index (χ3v) is 8.78. The fraction of sp³-hybridized carbons (Fsp3) is 0.382. The molecule has 6 rings (SSSR count). The number of rotatable bonds is 10. The maximum atomic E-state index is 13.2. The molecule has 2 atom stereocenters. The van der Waals surface area contributed by atoms with Crippen molar-refractivity contribution >= 4 is 34.2 Å². The van der Waals surface area contributed by atoms with Crippen molar-refractivity contribution in [2.75, 3.05) is 13.1 Å². The zero-order valence-corrected chi connectivity index (χ0v) is 25.5. The Kier molecular flexibility index (Phi) is 8.02. The minimum Gasteiger partial charge on any atom is -0.489 e. The molecule has 2 heterocycles. The Morgan fingerprint density at radius 2 is 1.70 bits per heavy atom. The predicted molar refractivity (Wildman–Crippen MR) is 167 cm³/mol. The molecule has 1 amide bonds. The number of halogens is 1. The molecule has 224 valence electrons. The number of ketones is 1. The molecule has 1 aliphatic carbocycles. The maximum Gasteiger partial charge on any atom is 0.292 e. The maximum absolute atomic E-state index is 13.2. The number of fused-ring (bicyclic) bond motifs is 1. The number of ether oxygens (including phenoxy) is 1. The quantitative estimate of drug-likeness (QED) is 0.168. The molecule has 0 spiro atoms. The molecule has 8 nitrogen and oxygen atoms in total. The van der Waals surface area contributed by atoms with Gasteiger partial charge in [0.15, 0.2) is 5.72 Å². The minimum atomic E-state index is -1.56. The van der Waals surface area contributed by atoms with Gasteiger partial charge in [0.2, 0.25) is 5.78 Å². The van der Waals surface area contributed by atoms with Crippen LogP contribution in [-0.4, -0.2) is 56.7 Å². The number of hydrogen-bond donors (Lipinski definition) is 2. The number of aliphatic hydroxyl groups is 1. The van der Waals surface area contributed by atoms with Crippen LogP contribution in [0.15, 0.2) is 66.9 Å². The Bertz CT molecular complexity index is 1660. The summed E-state index contributed by atoms with van der Waals surface area (Å²) in [7, 11) is 0. The molecule has 3 aromatic carbocycles. The lowest BCUT2D eigenvalue weighted by Crippen LogP contribution is -2.59. The van der Waals surface area contributed by atoms with Crippen molar-refractivity contribution in [2.24, 2.45) is 0 Å². The van der Waals surface area contributed by atoms with Gasteiger partial charge in [-0.15, -0.1) is 0 Å². The van der Waals surface area contributed by atoms with Gasteiger partial charge in [-0.2, -0.15) is 5.10 Å². The van der Waals surface area contributed by atoms with E-state index in [0.717, 1.165) is 47.7 Å². The van der Waals surface area contributed by atoms with Gasteiger partial charge in [0.05, 0.1) is 28.9 Å². The Labute approximate surface area is 256 Å². The Balaban J connectivity index is 1.18. The standard InChI is InChI=1S/C34H37ClN4O4/c1-21(2)39-30-14-10-25(18-26(30)20-36-39)23-6-8-24(9-7-23)32(40)33(41)37-22(3)34(42,38-16-4-5-17-38)27-11-15-31(29(35)19-27)43-28-12-13-28/h6-11,14-15,18-22,28,42H,4-5,12-13,16-17H2,1-3H3,(H,37,41)/t22-,34+/m1/s1. The van der Waals surface area contributed by atoms with E-state index in [1.165, 1.54) is 0 Å². The van der Waals surface area contributed by atoms with E-state index in [-0.39, 0.29) is 17.7 Å². The van der Waals surface area contributed by atoms with Crippen LogP contribution in [0.25, 0.3) is 22.0 Å². The normalized spacial score (nSPS) is 17.6. The minimum absolute atomic E-state index is 0.192. The second-order valence-corrected chi connectivity index (χ2v) is 12.3. The predicted octanol–water partition coefficient (Wildman–Crippen LogP) is 6.11. The molecule has 0 unspecified atom stereocenters. The molecule has 2 fully saturated rings. The zero-order chi connectivity index (χ0) is 30.3. The summed E-state index contributed by atoms with van der Waals surface area (Å²) in [6.07, 6.45) is 5.93. The fourth-order valence-electron chi connectivity index (χ4n) is 5.91. The molecule has 1 saturated heterocycles. The smallest absolute Gasteiger partial charge is 0.292 e. The van der Waals surface area contributed by atoms with Crippen LogP contribution < -0.4 is 10.1 Å². The van der Waals surface area contributed by atoms with Crippen molar-refractivity contribution in [1.29, 1.82) is 0 Å². The van der Waals surface area contributed by atoms with Crippen LogP contribution in [0, 0.1) is 0 Å². The molecular weight excluding hydrogens is 564 g/mol. The number of benzene rings is 3. The average Bonchev–Trinajstić information content (AvgIpc) is 3.46. The molecule has 9 heteroatoms. The Hall–Kier alpha value is -3.72. The van der Waals surface area contributed by atoms with Crippen molar-refractivity contribution < 1.29 is 19.4 Å². The first-order valence-electron chi connectivity index (χ1n) is 15.0. The molecule has 43 heavy (non-hydrogen) atoms. The summed E-state index contributed by atoms with van der Waals surface area (Å²) in [5.41, 5.74) is 2.25. The highest BCUT2D eigenvalue weighted by Crippen LogP contribution is 2.38. The Morgan fingerprint density at radius 1 is 1.00 bits per heavy atom. The lowest BCUT2D eigenvalue weighted by Gasteiger charge is -2.42. The zero-order valence-electron chi connectivity index (χ0n) is 24.7. The molecule has 4 aromatic rings. The highest BCUT2D eigenvalue weighted by atomic mass is 35.5. The Morgan fingerprint density at radius 3 is 2.35 bits per heavy atom. The molecule has 1 saturated carbocycles. The average molecular weight is 601 g/mol. The number of carbonyl (C=O) groups is 2. The van der Waals surface area contributed by atoms with Gasteiger partial charge in [0.25, 0.3) is 5.91 Å². The summed E-state index contributed by atoms with van der Waals surface area (Å²) < 4.78 is 7.86. The van der Waals surface area contributed by atoms with E-state index in [1.807, 2.05) is 40.0 Å². The van der Waals surface area contributed by atoms with Crippen LogP contribution in [0.5, 0.6) is 5.75 Å². The fourth-order valence-corrected chi connectivity index (χ4v) is 6.13. The van der Waals surface area contributed by atoms with Gasteiger partial charge in [0.1, 0.15) is 5.75 Å². The molecule has 2 aliphatic rings. The molecule has 1 aromatic heterocycles. The molecule has 0 bridgehead atoms. The van der Waals surface area contributed by atoms with Gasteiger partial charge in [-0.25, -0.2) is 0 Å². The van der Waals surface area contributed by atoms with Gasteiger partial charge >= 0.3 is 0 Å². The topological polar surface area (TPSA) is 96.7 Å². The molecule has 2 N–H and O–H groups in total. The third kappa shape index (κ3) is 5.79. The van der Waals surface area contributed by atoms with Crippen LogP contribution in [0.3, 0.4) is 0 Å². The SMILES string of the molecule is CC(C)n1ncc2cc(-c3ccc(C(=O)C(=O)N[C@H](C)[C@](O)(c4ccc(OC5CC5)c(Cl)c4)N4CCCC4)cc3)ccc21. The lowest BCUT2D eigenvalue weighted by atomic mass is 9.93. The van der Waals surface area contributed by atoms with Gasteiger partial charge in [-0.05, 0) is 81.8 Å². The molecule has 0 radical (unpaired) electrons. The van der Waals surface area contributed by atoms with Crippen molar-refractivity contribution in [1.82, 2.24) is 20.0 Å². The lowest BCUT2D eigenvalue weighted by molar-refractivity contribution is -0.139. The third-order valence-electron chi connectivity index (χ3n) is 8.49. The van der Waals surface area contributed by atoms with E-state index in [0.29, 0.717) is 29.4 Å². The number of likely N-dealkylation sites (tertiary alicyclic amines) is 1. The number of nitrogens with zero attached hydrogens (tertiary/aromatic N) is 3. The number of amides is 1. The van der Waals surface area contributed by atoms with Crippen molar-refractivity contribution in [3.63, 3.8) is 0 Å². The molecular formula is C34H37ClN4O4. The van der Waals surface area contributed by atoms with E-state index in [4.69, 9.17) is 16.3 Å². The van der Waals surface area contributed by atoms with Gasteiger partial charge < -0.3 is 15.2 Å². The molecule has 1 aliphatic heterocycles. The van der Waals surface area contributed by atoms with E-state index < -0.39 is 23.5 Å². The number of Topliss-reactive ketones (excluding diaryl/α,β-unsaturated/α-hetero) is 1. The summed E-state index contributed by atoms with van der Waals surface area (Å²) in [5, 5.41) is 20.8. The highest BCUT2D eigenvalue weighted by molar-refractivity contribution is 6.42. The summed E-state index contributed by atoms with van der Waals surface area (Å²) in [4.78, 5) is 28.4. The summed E-state index contributed by atoms with van der Waals surface area (Å²) in [6.45, 7) is 7.23. The van der Waals surface area contributed by atoms with E-state index in [1.54, 1.807) is 37.3 Å². The van der Waals surface area contributed by atoms with Crippen molar-refractivity contribution in [3.05, 3.63) is 83.0 Å². The summed E-state index contributed by atoms with van der Waals surface area (Å²) >= 11 is 6.55. The van der Waals surface area contributed by atoms with Gasteiger partial charge in [-0.1, -0.05) is 48.0 Å². The highest BCUT2D eigenvalue weighted by Gasteiger charge is 2.44. The number of aromatic nitrogens is 2. The first-order valence-corrected chi connectivity index (χ1v) is 15.4. The van der Waals surface area contributed by atoms with Gasteiger partial charge in [-0.3, -0.25) is 19.2 Å². The van der Waals surface area contributed by atoms with Crippen LogP contribution in [0.2, 0.25) is 5.02 Å². The van der Waals surface area contributed by atoms with Crippen LogP contribution in [-0.2, 0) is 10.5 Å². The van der Waals surface area contributed by atoms with E-state index in [2.05, 4.69) is 30.3 Å². The summed E-state index contributed by atoms with van der Waals surface area (Å²) in [5.74, 6) is -0.861. The van der Waals surface area contributed by atoms with Crippen LogP contribution in [0.4, 0.5) is 0 Å². The second-order valence-electron chi connectivity index (χ2n) is 11.9. The van der Waals surface area contributed by atoms with Crippen molar-refractivity contribution in [3.8, 4) is 16.9 Å². The summed E-state index contributed by atoms with van der Waals surface area (Å²) in [6, 6.07) is 17.9. The van der Waals surface area contributed by atoms with Crippen LogP contribution in [0.1, 0.15) is 68.4 Å². The first kappa shape index (κ1) is 29.4. The van der Waals surface area contributed by atoms with Crippen LogP contribution >= 0.6 is 11.6 Å². The monoisotopic (exact) mass is 600 g/mol. The second kappa shape index (κ2) is 11.8. The number of carbonyl (C=O) groups excluding carboxylic acids is 2. The largest absolute Gasteiger partial charge is 0.489 e. The first-order chi connectivity index (χ1) is 20.6. The van der Waals surface area contributed by atoms with E-state index >= 15 is 0 Å².